The summed E-state index contributed by atoms with van der Waals surface area (Å²) in [6.45, 7) is 0. The third kappa shape index (κ3) is 4.08. The van der Waals surface area contributed by atoms with Gasteiger partial charge in [0.25, 0.3) is 0 Å². The summed E-state index contributed by atoms with van der Waals surface area (Å²) in [5, 5.41) is 12.3. The van der Waals surface area contributed by atoms with Gasteiger partial charge < -0.3 is 10.6 Å². The van der Waals surface area contributed by atoms with Gasteiger partial charge in [-0.05, 0) is 51.2 Å². The van der Waals surface area contributed by atoms with E-state index in [1.54, 1.807) is 22.7 Å². The van der Waals surface area contributed by atoms with Crippen LogP contribution >= 0.6 is 22.7 Å². The minimum atomic E-state index is -0.415. The van der Waals surface area contributed by atoms with E-state index in [2.05, 4.69) is 45.7 Å². The van der Waals surface area contributed by atoms with E-state index in [4.69, 9.17) is 0 Å². The van der Waals surface area contributed by atoms with Crippen LogP contribution in [0.2, 0.25) is 0 Å². The first-order chi connectivity index (χ1) is 13.7. The topological polar surface area (TPSA) is 58.2 Å². The van der Waals surface area contributed by atoms with Gasteiger partial charge in [0.2, 0.25) is 12.3 Å². The molecule has 0 aliphatic carbocycles. The largest absolute Gasteiger partial charge is 0.338 e. The van der Waals surface area contributed by atoms with Gasteiger partial charge in [-0.3, -0.25) is 9.59 Å². The Hall–Kier alpha value is -2.70. The lowest BCUT2D eigenvalue weighted by atomic mass is 10.1. The molecule has 0 aliphatic heterocycles. The number of fused-ring (bicyclic) bond motifs is 2. The number of aryl methyl sites for hydroxylation is 1. The Kier molecular flexibility index (Phi) is 5.69. The molecule has 2 N–H and O–H groups in total. The standard InChI is InChI=1S/C22H20N2O2S2/c25-14-23-21(11-16-13-28-20-8-4-2-6-18(16)20)24-22(26)10-9-15-12-27-19-7-3-1-5-17(15)19/h1-8,12-14,21H,9-11H2,(H,23,25)(H,24,26)/t21-/m1/s1. The first kappa shape index (κ1) is 18.7. The van der Waals surface area contributed by atoms with Gasteiger partial charge in [0, 0.05) is 22.2 Å². The maximum atomic E-state index is 12.5. The fraction of sp³-hybridized carbons (Fsp3) is 0.182. The van der Waals surface area contributed by atoms with Crippen LogP contribution < -0.4 is 10.6 Å². The molecular formula is C22H20N2O2S2. The molecular weight excluding hydrogens is 388 g/mol. The SMILES string of the molecule is O=CN[C@@H](Cc1csc2ccccc12)NC(=O)CCc1csc2ccccc12. The third-order valence-corrected chi connectivity index (χ3v) is 6.80. The molecule has 28 heavy (non-hydrogen) atoms. The minimum Gasteiger partial charge on any atom is -0.338 e. The normalized spacial score (nSPS) is 12.1. The Morgan fingerprint density at radius 2 is 1.54 bits per heavy atom. The molecule has 0 fully saturated rings. The number of carbonyl (C=O) groups excluding carboxylic acids is 2. The van der Waals surface area contributed by atoms with Gasteiger partial charge in [0.15, 0.2) is 0 Å². The van der Waals surface area contributed by atoms with Crippen molar-refractivity contribution < 1.29 is 9.59 Å². The number of hydrogen-bond donors (Lipinski definition) is 2. The summed E-state index contributed by atoms with van der Waals surface area (Å²) in [6, 6.07) is 16.4. The van der Waals surface area contributed by atoms with Crippen molar-refractivity contribution in [3.63, 3.8) is 0 Å². The van der Waals surface area contributed by atoms with E-state index in [9.17, 15) is 9.59 Å². The second-order valence-corrected chi connectivity index (χ2v) is 8.45. The fourth-order valence-corrected chi connectivity index (χ4v) is 5.36. The summed E-state index contributed by atoms with van der Waals surface area (Å²) in [6.07, 6.45) is 1.87. The van der Waals surface area contributed by atoms with Crippen molar-refractivity contribution in [1.29, 1.82) is 0 Å². The van der Waals surface area contributed by atoms with Gasteiger partial charge in [-0.1, -0.05) is 36.4 Å². The number of rotatable bonds is 8. The van der Waals surface area contributed by atoms with Gasteiger partial charge in [-0.2, -0.15) is 0 Å². The number of carbonyl (C=O) groups is 2. The van der Waals surface area contributed by atoms with Crippen molar-refractivity contribution in [3.05, 3.63) is 70.4 Å². The molecule has 2 aromatic heterocycles. The fourth-order valence-electron chi connectivity index (χ4n) is 3.39. The summed E-state index contributed by atoms with van der Waals surface area (Å²) in [7, 11) is 0. The van der Waals surface area contributed by atoms with E-state index in [0.717, 1.165) is 5.56 Å². The molecule has 0 bridgehead atoms. The van der Waals surface area contributed by atoms with Gasteiger partial charge >= 0.3 is 0 Å². The molecule has 0 radical (unpaired) electrons. The van der Waals surface area contributed by atoms with Crippen LogP contribution in [0, 0.1) is 0 Å². The summed E-state index contributed by atoms with van der Waals surface area (Å²) in [4.78, 5) is 23.5. The predicted molar refractivity (Wildman–Crippen MR) is 117 cm³/mol. The lowest BCUT2D eigenvalue weighted by molar-refractivity contribution is -0.122. The average molecular weight is 409 g/mol. The van der Waals surface area contributed by atoms with Crippen LogP contribution in [0.15, 0.2) is 59.3 Å². The molecule has 0 saturated heterocycles. The highest BCUT2D eigenvalue weighted by atomic mass is 32.1. The van der Waals surface area contributed by atoms with Gasteiger partial charge in [-0.25, -0.2) is 0 Å². The van der Waals surface area contributed by atoms with Crippen LogP contribution in [0.1, 0.15) is 17.5 Å². The Morgan fingerprint density at radius 3 is 2.21 bits per heavy atom. The Balaban J connectivity index is 1.40. The molecule has 2 aromatic carbocycles. The molecule has 4 nitrogen and oxygen atoms in total. The van der Waals surface area contributed by atoms with Gasteiger partial charge in [0.05, 0.1) is 0 Å². The zero-order valence-electron chi connectivity index (χ0n) is 15.2. The van der Waals surface area contributed by atoms with Crippen molar-refractivity contribution >= 4 is 55.2 Å². The molecule has 0 spiro atoms. The van der Waals surface area contributed by atoms with E-state index in [1.807, 2.05) is 24.3 Å². The zero-order chi connectivity index (χ0) is 19.3. The average Bonchev–Trinajstić information content (AvgIpc) is 3.31. The molecule has 1 atom stereocenters. The summed E-state index contributed by atoms with van der Waals surface area (Å²) < 4.78 is 2.45. The highest BCUT2D eigenvalue weighted by Crippen LogP contribution is 2.27. The van der Waals surface area contributed by atoms with Gasteiger partial charge in [0.1, 0.15) is 6.17 Å². The Bertz CT molecular complexity index is 1120. The summed E-state index contributed by atoms with van der Waals surface area (Å²) >= 11 is 3.38. The summed E-state index contributed by atoms with van der Waals surface area (Å²) in [5.41, 5.74) is 2.32. The predicted octanol–water partition coefficient (Wildman–Crippen LogP) is 4.48. The second kappa shape index (κ2) is 8.54. The zero-order valence-corrected chi connectivity index (χ0v) is 16.8. The first-order valence-corrected chi connectivity index (χ1v) is 10.9. The maximum Gasteiger partial charge on any atom is 0.221 e. The highest BCUT2D eigenvalue weighted by Gasteiger charge is 2.15. The molecule has 6 heteroatoms. The smallest absolute Gasteiger partial charge is 0.221 e. The molecule has 2 amide bonds. The van der Waals surface area contributed by atoms with Crippen molar-refractivity contribution in [1.82, 2.24) is 10.6 Å². The monoisotopic (exact) mass is 408 g/mol. The number of thiophene rings is 2. The number of benzene rings is 2. The lowest BCUT2D eigenvalue weighted by Gasteiger charge is -2.18. The lowest BCUT2D eigenvalue weighted by Crippen LogP contribution is -2.46. The maximum absolute atomic E-state index is 12.5. The van der Waals surface area contributed by atoms with Crippen LogP contribution in [-0.4, -0.2) is 18.5 Å². The number of amides is 2. The molecule has 2 heterocycles. The van der Waals surface area contributed by atoms with Crippen molar-refractivity contribution in [2.75, 3.05) is 0 Å². The van der Waals surface area contributed by atoms with Crippen molar-refractivity contribution in [2.24, 2.45) is 0 Å². The number of hydrogen-bond acceptors (Lipinski definition) is 4. The summed E-state index contributed by atoms with van der Waals surface area (Å²) in [5.74, 6) is -0.0610. The molecule has 4 aromatic rings. The molecule has 4 rings (SSSR count). The Labute approximate surface area is 171 Å². The molecule has 0 saturated carbocycles. The van der Waals surface area contributed by atoms with E-state index >= 15 is 0 Å². The van der Waals surface area contributed by atoms with Crippen LogP contribution in [0.5, 0.6) is 0 Å². The third-order valence-electron chi connectivity index (χ3n) is 4.77. The van der Waals surface area contributed by atoms with E-state index < -0.39 is 6.17 Å². The van der Waals surface area contributed by atoms with E-state index in [-0.39, 0.29) is 5.91 Å². The van der Waals surface area contributed by atoms with E-state index in [0.29, 0.717) is 25.7 Å². The molecule has 142 valence electrons. The number of nitrogens with one attached hydrogen (secondary N) is 2. The van der Waals surface area contributed by atoms with Crippen molar-refractivity contribution in [3.8, 4) is 0 Å². The molecule has 0 aliphatic rings. The quantitative estimate of drug-likeness (QED) is 0.334. The van der Waals surface area contributed by atoms with E-state index in [1.165, 1.54) is 25.7 Å². The highest BCUT2D eigenvalue weighted by molar-refractivity contribution is 7.17. The van der Waals surface area contributed by atoms with Crippen molar-refractivity contribution in [2.45, 2.75) is 25.4 Å². The van der Waals surface area contributed by atoms with Gasteiger partial charge in [-0.15, -0.1) is 22.7 Å². The van der Waals surface area contributed by atoms with Crippen LogP contribution in [0.4, 0.5) is 0 Å². The first-order valence-electron chi connectivity index (χ1n) is 9.14. The van der Waals surface area contributed by atoms with Crippen LogP contribution in [0.25, 0.3) is 20.2 Å². The van der Waals surface area contributed by atoms with Crippen LogP contribution in [0.3, 0.4) is 0 Å². The Morgan fingerprint density at radius 1 is 0.929 bits per heavy atom. The second-order valence-electron chi connectivity index (χ2n) is 6.62. The molecule has 0 unspecified atom stereocenters. The minimum absolute atomic E-state index is 0.0610. The van der Waals surface area contributed by atoms with Crippen LogP contribution in [-0.2, 0) is 22.4 Å².